The van der Waals surface area contributed by atoms with Crippen molar-refractivity contribution in [3.05, 3.63) is 65.0 Å². The van der Waals surface area contributed by atoms with Gasteiger partial charge in [0.15, 0.2) is 0 Å². The summed E-state index contributed by atoms with van der Waals surface area (Å²) in [5.74, 6) is 0.839. The van der Waals surface area contributed by atoms with Crippen LogP contribution in [0.15, 0.2) is 47.0 Å². The normalized spacial score (nSPS) is 14.5. The molecule has 1 aromatic heterocycles. The molecule has 4 heteroatoms. The lowest BCUT2D eigenvalue weighted by Crippen LogP contribution is -2.17. The van der Waals surface area contributed by atoms with E-state index in [1.165, 1.54) is 11.3 Å². The number of anilines is 2. The zero-order chi connectivity index (χ0) is 19.9. The van der Waals surface area contributed by atoms with Crippen LogP contribution in [-0.2, 0) is 5.41 Å². The first-order chi connectivity index (χ1) is 13.5. The Hall–Kier alpha value is -3.06. The van der Waals surface area contributed by atoms with Gasteiger partial charge in [-0.05, 0) is 75.4 Å². The summed E-state index contributed by atoms with van der Waals surface area (Å²) < 4.78 is 5.36. The van der Waals surface area contributed by atoms with Crippen molar-refractivity contribution in [1.82, 2.24) is 5.16 Å². The standard InChI is InChI=1S/C24H25N3O/c1-5-27(21-10-8-20(9-11-21)24(15-25)12-13-24)22-14-19(7-6-16(22)2)23-17(3)26-28-18(23)4/h6-11,14H,5,12-13H2,1-4H3. The molecule has 0 aliphatic heterocycles. The van der Waals surface area contributed by atoms with E-state index in [1.807, 2.05) is 13.8 Å². The molecule has 0 N–H and O–H groups in total. The number of aromatic nitrogens is 1. The second-order valence-corrected chi connectivity index (χ2v) is 7.69. The van der Waals surface area contributed by atoms with Gasteiger partial charge in [-0.1, -0.05) is 29.4 Å². The van der Waals surface area contributed by atoms with Gasteiger partial charge in [0.2, 0.25) is 0 Å². The van der Waals surface area contributed by atoms with Crippen molar-refractivity contribution in [2.45, 2.75) is 46.0 Å². The van der Waals surface area contributed by atoms with E-state index in [2.05, 4.69) is 72.4 Å². The van der Waals surface area contributed by atoms with E-state index in [4.69, 9.17) is 4.52 Å². The Bertz CT molecular complexity index is 1030. The molecule has 2 aromatic carbocycles. The molecular formula is C24H25N3O. The molecule has 1 heterocycles. The lowest BCUT2D eigenvalue weighted by atomic mass is 9.97. The maximum absolute atomic E-state index is 9.44. The quantitative estimate of drug-likeness (QED) is 0.553. The highest BCUT2D eigenvalue weighted by Crippen LogP contribution is 2.48. The Morgan fingerprint density at radius 1 is 1.11 bits per heavy atom. The van der Waals surface area contributed by atoms with Crippen LogP contribution in [0.5, 0.6) is 0 Å². The van der Waals surface area contributed by atoms with Gasteiger partial charge in [-0.2, -0.15) is 5.26 Å². The monoisotopic (exact) mass is 371 g/mol. The van der Waals surface area contributed by atoms with E-state index >= 15 is 0 Å². The number of benzene rings is 2. The second kappa shape index (κ2) is 6.83. The minimum Gasteiger partial charge on any atom is -0.361 e. The third kappa shape index (κ3) is 2.97. The summed E-state index contributed by atoms with van der Waals surface area (Å²) in [6.07, 6.45) is 1.94. The fourth-order valence-corrected chi connectivity index (χ4v) is 3.99. The average molecular weight is 371 g/mol. The Morgan fingerprint density at radius 3 is 2.36 bits per heavy atom. The molecule has 4 rings (SSSR count). The first-order valence-electron chi connectivity index (χ1n) is 9.82. The van der Waals surface area contributed by atoms with Crippen LogP contribution in [0.4, 0.5) is 11.4 Å². The van der Waals surface area contributed by atoms with Crippen LogP contribution >= 0.6 is 0 Å². The summed E-state index contributed by atoms with van der Waals surface area (Å²) in [6, 6.07) is 17.5. The first kappa shape index (κ1) is 18.3. The van der Waals surface area contributed by atoms with E-state index in [1.54, 1.807) is 0 Å². The fraction of sp³-hybridized carbons (Fsp3) is 0.333. The summed E-state index contributed by atoms with van der Waals surface area (Å²) in [4.78, 5) is 2.31. The van der Waals surface area contributed by atoms with E-state index in [0.717, 1.165) is 53.2 Å². The van der Waals surface area contributed by atoms with E-state index in [-0.39, 0.29) is 5.41 Å². The zero-order valence-electron chi connectivity index (χ0n) is 16.9. The lowest BCUT2D eigenvalue weighted by Gasteiger charge is -2.26. The maximum Gasteiger partial charge on any atom is 0.141 e. The van der Waals surface area contributed by atoms with Crippen LogP contribution in [0.1, 0.15) is 42.3 Å². The van der Waals surface area contributed by atoms with Crippen molar-refractivity contribution < 1.29 is 4.52 Å². The maximum atomic E-state index is 9.44. The van der Waals surface area contributed by atoms with Crippen LogP contribution in [-0.4, -0.2) is 11.7 Å². The molecule has 4 nitrogen and oxygen atoms in total. The summed E-state index contributed by atoms with van der Waals surface area (Å²) in [5, 5.41) is 13.5. The van der Waals surface area contributed by atoms with Gasteiger partial charge in [-0.25, -0.2) is 0 Å². The van der Waals surface area contributed by atoms with E-state index < -0.39 is 0 Å². The summed E-state index contributed by atoms with van der Waals surface area (Å²) in [6.45, 7) is 9.08. The number of rotatable bonds is 5. The Morgan fingerprint density at radius 2 is 1.82 bits per heavy atom. The fourth-order valence-electron chi connectivity index (χ4n) is 3.99. The molecule has 1 fully saturated rings. The van der Waals surface area contributed by atoms with Gasteiger partial charge < -0.3 is 9.42 Å². The zero-order valence-corrected chi connectivity index (χ0v) is 16.9. The first-order valence-corrected chi connectivity index (χ1v) is 9.82. The molecule has 0 unspecified atom stereocenters. The molecule has 0 bridgehead atoms. The Balaban J connectivity index is 1.72. The third-order valence-corrected chi connectivity index (χ3v) is 5.83. The smallest absolute Gasteiger partial charge is 0.141 e. The number of hydrogen-bond acceptors (Lipinski definition) is 4. The van der Waals surface area contributed by atoms with Crippen molar-refractivity contribution in [2.24, 2.45) is 0 Å². The van der Waals surface area contributed by atoms with Crippen LogP contribution in [0.25, 0.3) is 11.1 Å². The highest BCUT2D eigenvalue weighted by atomic mass is 16.5. The molecule has 1 aliphatic rings. The molecule has 0 saturated heterocycles. The Labute approximate surface area is 166 Å². The number of aryl methyl sites for hydroxylation is 3. The van der Waals surface area contributed by atoms with E-state index in [0.29, 0.717) is 0 Å². The van der Waals surface area contributed by atoms with Crippen molar-refractivity contribution in [1.29, 1.82) is 5.26 Å². The number of hydrogen-bond donors (Lipinski definition) is 0. The highest BCUT2D eigenvalue weighted by Gasteiger charge is 2.44. The van der Waals surface area contributed by atoms with Crippen molar-refractivity contribution in [2.75, 3.05) is 11.4 Å². The van der Waals surface area contributed by atoms with E-state index in [9.17, 15) is 5.26 Å². The topological polar surface area (TPSA) is 53.1 Å². The van der Waals surface area contributed by atoms with Gasteiger partial charge in [0.05, 0.1) is 17.2 Å². The highest BCUT2D eigenvalue weighted by molar-refractivity contribution is 5.76. The van der Waals surface area contributed by atoms with Gasteiger partial charge in [-0.3, -0.25) is 0 Å². The summed E-state index contributed by atoms with van der Waals surface area (Å²) in [7, 11) is 0. The van der Waals surface area contributed by atoms with Gasteiger partial charge in [0.1, 0.15) is 5.76 Å². The van der Waals surface area contributed by atoms with Crippen LogP contribution in [0.2, 0.25) is 0 Å². The van der Waals surface area contributed by atoms with Crippen LogP contribution < -0.4 is 4.90 Å². The minimum atomic E-state index is -0.241. The molecule has 28 heavy (non-hydrogen) atoms. The van der Waals surface area contributed by atoms with Gasteiger partial charge in [0, 0.05) is 23.5 Å². The number of nitrogens with zero attached hydrogens (tertiary/aromatic N) is 3. The van der Waals surface area contributed by atoms with Crippen LogP contribution in [0.3, 0.4) is 0 Å². The Kier molecular flexibility index (Phi) is 4.47. The van der Waals surface area contributed by atoms with Crippen LogP contribution in [0, 0.1) is 32.1 Å². The lowest BCUT2D eigenvalue weighted by molar-refractivity contribution is 0.393. The summed E-state index contributed by atoms with van der Waals surface area (Å²) >= 11 is 0. The largest absolute Gasteiger partial charge is 0.361 e. The van der Waals surface area contributed by atoms with Crippen molar-refractivity contribution in [3.63, 3.8) is 0 Å². The van der Waals surface area contributed by atoms with Crippen molar-refractivity contribution >= 4 is 11.4 Å². The molecule has 0 spiro atoms. The van der Waals surface area contributed by atoms with Gasteiger partial charge >= 0.3 is 0 Å². The average Bonchev–Trinajstić information content (AvgIpc) is 3.44. The molecule has 142 valence electrons. The molecule has 0 atom stereocenters. The predicted molar refractivity (Wildman–Crippen MR) is 112 cm³/mol. The molecule has 0 radical (unpaired) electrons. The van der Waals surface area contributed by atoms with Crippen molar-refractivity contribution in [3.8, 4) is 17.2 Å². The van der Waals surface area contributed by atoms with Gasteiger partial charge in [-0.15, -0.1) is 0 Å². The molecule has 0 amide bonds. The molecule has 1 saturated carbocycles. The molecule has 3 aromatic rings. The molecule has 1 aliphatic carbocycles. The third-order valence-electron chi connectivity index (χ3n) is 5.83. The number of nitriles is 1. The second-order valence-electron chi connectivity index (χ2n) is 7.69. The minimum absolute atomic E-state index is 0.241. The molecular weight excluding hydrogens is 346 g/mol. The predicted octanol–water partition coefficient (Wildman–Crippen LogP) is 5.98. The summed E-state index contributed by atoms with van der Waals surface area (Å²) in [5.41, 5.74) is 7.52. The van der Waals surface area contributed by atoms with Gasteiger partial charge in [0.25, 0.3) is 0 Å². The SMILES string of the molecule is CCN(c1ccc(C2(C#N)CC2)cc1)c1cc(-c2c(C)noc2C)ccc1C.